The number of hydrogen-bond acceptors (Lipinski definition) is 1. The van der Waals surface area contributed by atoms with Gasteiger partial charge < -0.3 is 4.98 Å². The van der Waals surface area contributed by atoms with Crippen LogP contribution in [0.1, 0.15) is 5.56 Å². The topological polar surface area (TPSA) is 20.7 Å². The van der Waals surface area contributed by atoms with E-state index in [2.05, 4.69) is 68.0 Å². The lowest BCUT2D eigenvalue weighted by molar-refractivity contribution is 1.05. The molecule has 96 valence electrons. The Labute approximate surface area is 132 Å². The standard InChI is InChI=1S/C14H10Br2N2S/c1-8-2-5-11-13(6-8)18(14(19)17-11)12-7-9(15)3-4-10(12)16/h2-7H,1H3,(H,17,19). The number of nitrogens with one attached hydrogen (secondary N) is 1. The number of hydrogen-bond donors (Lipinski definition) is 1. The fourth-order valence-electron chi connectivity index (χ4n) is 2.11. The van der Waals surface area contributed by atoms with Crippen LogP contribution in [0.3, 0.4) is 0 Å². The molecule has 0 fully saturated rings. The van der Waals surface area contributed by atoms with Crippen LogP contribution in [0, 0.1) is 11.7 Å². The first-order valence-electron chi connectivity index (χ1n) is 5.73. The highest BCUT2D eigenvalue weighted by Gasteiger charge is 2.10. The van der Waals surface area contributed by atoms with Crippen molar-refractivity contribution in [2.24, 2.45) is 0 Å². The van der Waals surface area contributed by atoms with Crippen molar-refractivity contribution < 1.29 is 0 Å². The van der Waals surface area contributed by atoms with Crippen molar-refractivity contribution in [1.82, 2.24) is 9.55 Å². The van der Waals surface area contributed by atoms with Gasteiger partial charge in [0.05, 0.1) is 16.7 Å². The summed E-state index contributed by atoms with van der Waals surface area (Å²) >= 11 is 12.5. The molecule has 1 N–H and O–H groups in total. The monoisotopic (exact) mass is 396 g/mol. The van der Waals surface area contributed by atoms with Gasteiger partial charge in [-0.2, -0.15) is 0 Å². The molecule has 0 aliphatic carbocycles. The van der Waals surface area contributed by atoms with Gasteiger partial charge >= 0.3 is 0 Å². The molecule has 5 heteroatoms. The Kier molecular flexibility index (Phi) is 3.37. The van der Waals surface area contributed by atoms with Crippen molar-refractivity contribution in [1.29, 1.82) is 0 Å². The van der Waals surface area contributed by atoms with E-state index in [1.165, 1.54) is 5.56 Å². The highest BCUT2D eigenvalue weighted by molar-refractivity contribution is 9.11. The molecule has 0 unspecified atom stereocenters. The molecular weight excluding hydrogens is 388 g/mol. The van der Waals surface area contributed by atoms with Crippen LogP contribution in [0.4, 0.5) is 0 Å². The molecule has 0 bridgehead atoms. The van der Waals surface area contributed by atoms with E-state index in [0.717, 1.165) is 25.7 Å². The summed E-state index contributed by atoms with van der Waals surface area (Å²) < 4.78 is 4.77. The minimum atomic E-state index is 0.694. The maximum Gasteiger partial charge on any atom is 0.182 e. The van der Waals surface area contributed by atoms with Crippen LogP contribution in [0.5, 0.6) is 0 Å². The molecule has 0 aliphatic rings. The molecule has 1 aromatic heterocycles. The number of benzene rings is 2. The van der Waals surface area contributed by atoms with E-state index >= 15 is 0 Å². The second-order valence-corrected chi connectivity index (χ2v) is 6.54. The molecule has 2 aromatic carbocycles. The van der Waals surface area contributed by atoms with E-state index in [-0.39, 0.29) is 0 Å². The molecule has 0 amide bonds. The summed E-state index contributed by atoms with van der Waals surface area (Å²) in [5, 5.41) is 0. The van der Waals surface area contributed by atoms with E-state index in [0.29, 0.717) is 4.77 Å². The largest absolute Gasteiger partial charge is 0.330 e. The highest BCUT2D eigenvalue weighted by Crippen LogP contribution is 2.28. The normalized spacial score (nSPS) is 11.1. The maximum absolute atomic E-state index is 5.45. The first-order chi connectivity index (χ1) is 9.06. The van der Waals surface area contributed by atoms with Crippen LogP contribution in [-0.2, 0) is 0 Å². The molecule has 19 heavy (non-hydrogen) atoms. The SMILES string of the molecule is Cc1ccc2[nH]c(=S)n(-c3cc(Br)ccc3Br)c2c1. The van der Waals surface area contributed by atoms with Gasteiger partial charge in [-0.15, -0.1) is 0 Å². The lowest BCUT2D eigenvalue weighted by atomic mass is 10.2. The minimum absolute atomic E-state index is 0.694. The summed E-state index contributed by atoms with van der Waals surface area (Å²) in [7, 11) is 0. The van der Waals surface area contributed by atoms with E-state index in [1.54, 1.807) is 0 Å². The third-order valence-corrected chi connectivity index (χ3v) is 4.44. The summed E-state index contributed by atoms with van der Waals surface area (Å²) in [5.74, 6) is 0. The average Bonchev–Trinajstić information content (AvgIpc) is 2.68. The number of halogens is 2. The summed E-state index contributed by atoms with van der Waals surface area (Å²) in [6.07, 6.45) is 0. The van der Waals surface area contributed by atoms with Crippen molar-refractivity contribution in [2.75, 3.05) is 0 Å². The van der Waals surface area contributed by atoms with E-state index in [1.807, 2.05) is 16.7 Å². The molecule has 2 nitrogen and oxygen atoms in total. The first-order valence-corrected chi connectivity index (χ1v) is 7.72. The Morgan fingerprint density at radius 2 is 1.89 bits per heavy atom. The number of rotatable bonds is 1. The molecule has 3 aromatic rings. The maximum atomic E-state index is 5.45. The Hall–Kier alpha value is -0.910. The number of nitrogens with zero attached hydrogens (tertiary/aromatic N) is 1. The number of fused-ring (bicyclic) bond motifs is 1. The second kappa shape index (κ2) is 4.89. The number of H-pyrrole nitrogens is 1. The van der Waals surface area contributed by atoms with Gasteiger partial charge in [-0.25, -0.2) is 0 Å². The highest BCUT2D eigenvalue weighted by atomic mass is 79.9. The Morgan fingerprint density at radius 3 is 2.68 bits per heavy atom. The van der Waals surface area contributed by atoms with Crippen LogP contribution in [0.15, 0.2) is 45.3 Å². The summed E-state index contributed by atoms with van der Waals surface area (Å²) in [4.78, 5) is 3.24. The van der Waals surface area contributed by atoms with Gasteiger partial charge in [0.2, 0.25) is 0 Å². The molecular formula is C14H10Br2N2S. The molecule has 0 aliphatic heterocycles. The van der Waals surface area contributed by atoms with Gasteiger partial charge in [0.1, 0.15) is 0 Å². The molecule has 0 atom stereocenters. The van der Waals surface area contributed by atoms with Crippen LogP contribution >= 0.6 is 44.1 Å². The molecule has 0 radical (unpaired) electrons. The quantitative estimate of drug-likeness (QED) is 0.536. The number of aromatic nitrogens is 2. The lowest BCUT2D eigenvalue weighted by Gasteiger charge is -2.08. The van der Waals surface area contributed by atoms with Crippen molar-refractivity contribution in [3.63, 3.8) is 0 Å². The van der Waals surface area contributed by atoms with E-state index in [4.69, 9.17) is 12.2 Å². The zero-order chi connectivity index (χ0) is 13.6. The summed E-state index contributed by atoms with van der Waals surface area (Å²) in [6, 6.07) is 12.3. The van der Waals surface area contributed by atoms with Crippen LogP contribution in [-0.4, -0.2) is 9.55 Å². The van der Waals surface area contributed by atoms with E-state index < -0.39 is 0 Å². The zero-order valence-corrected chi connectivity index (χ0v) is 14.1. The minimum Gasteiger partial charge on any atom is -0.330 e. The Balaban J connectivity index is 2.42. The smallest absolute Gasteiger partial charge is 0.182 e. The fourth-order valence-corrected chi connectivity index (χ4v) is 3.19. The van der Waals surface area contributed by atoms with Gasteiger partial charge in [0.25, 0.3) is 0 Å². The van der Waals surface area contributed by atoms with Crippen molar-refractivity contribution in [3.05, 3.63) is 55.7 Å². The van der Waals surface area contributed by atoms with Crippen LogP contribution < -0.4 is 0 Å². The molecule has 3 rings (SSSR count). The summed E-state index contributed by atoms with van der Waals surface area (Å²) in [6.45, 7) is 2.08. The predicted molar refractivity (Wildman–Crippen MR) is 88.6 cm³/mol. The van der Waals surface area contributed by atoms with Crippen molar-refractivity contribution >= 4 is 55.1 Å². The molecule has 0 saturated carbocycles. The van der Waals surface area contributed by atoms with Crippen LogP contribution in [0.25, 0.3) is 16.7 Å². The van der Waals surface area contributed by atoms with Crippen LogP contribution in [0.2, 0.25) is 0 Å². The van der Waals surface area contributed by atoms with Gasteiger partial charge in [-0.1, -0.05) is 22.0 Å². The number of aryl methyl sites for hydroxylation is 1. The predicted octanol–water partition coefficient (Wildman–Crippen LogP) is 5.52. The van der Waals surface area contributed by atoms with Gasteiger partial charge in [-0.05, 0) is 71.0 Å². The van der Waals surface area contributed by atoms with Gasteiger partial charge in [0, 0.05) is 8.95 Å². The van der Waals surface area contributed by atoms with E-state index in [9.17, 15) is 0 Å². The average molecular weight is 398 g/mol. The lowest BCUT2D eigenvalue weighted by Crippen LogP contribution is -1.95. The Morgan fingerprint density at radius 1 is 1.11 bits per heavy atom. The fraction of sp³-hybridized carbons (Fsp3) is 0.0714. The Bertz CT molecular complexity index is 833. The molecule has 0 spiro atoms. The van der Waals surface area contributed by atoms with Crippen molar-refractivity contribution in [2.45, 2.75) is 6.92 Å². The first kappa shape index (κ1) is 13.1. The third-order valence-electron chi connectivity index (χ3n) is 2.99. The number of aromatic amines is 1. The second-order valence-electron chi connectivity index (χ2n) is 4.38. The summed E-state index contributed by atoms with van der Waals surface area (Å²) in [5.41, 5.74) is 4.36. The molecule has 1 heterocycles. The van der Waals surface area contributed by atoms with Gasteiger partial charge in [0.15, 0.2) is 4.77 Å². The third kappa shape index (κ3) is 2.30. The molecule has 0 saturated heterocycles. The van der Waals surface area contributed by atoms with Gasteiger partial charge in [-0.3, -0.25) is 4.57 Å². The zero-order valence-electron chi connectivity index (χ0n) is 10.1. The van der Waals surface area contributed by atoms with Crippen molar-refractivity contribution in [3.8, 4) is 5.69 Å². The number of imidazole rings is 1.